The van der Waals surface area contributed by atoms with E-state index in [9.17, 15) is 14.0 Å². The van der Waals surface area contributed by atoms with E-state index in [1.54, 1.807) is 22.9 Å². The molecule has 5 heterocycles. The first kappa shape index (κ1) is 34.1. The van der Waals surface area contributed by atoms with Crippen LogP contribution in [0.15, 0.2) is 77.8 Å². The van der Waals surface area contributed by atoms with Gasteiger partial charge in [-0.15, -0.1) is 11.3 Å². The Bertz CT molecular complexity index is 2290. The highest BCUT2D eigenvalue weighted by atomic mass is 32.1. The molecule has 9 nitrogen and oxygen atoms in total. The molecule has 12 heteroatoms. The zero-order chi connectivity index (χ0) is 36.1. The van der Waals surface area contributed by atoms with E-state index in [1.165, 1.54) is 17.4 Å². The third-order valence-electron chi connectivity index (χ3n) is 9.69. The molecule has 5 aromatic rings. The van der Waals surface area contributed by atoms with Gasteiger partial charge in [-0.2, -0.15) is 0 Å². The summed E-state index contributed by atoms with van der Waals surface area (Å²) in [6, 6.07) is 11.3. The molecule has 2 aliphatic rings. The van der Waals surface area contributed by atoms with E-state index >= 15 is 4.39 Å². The minimum absolute atomic E-state index is 0.00886. The molecule has 7 rings (SSSR count). The Hall–Kier alpha value is -5.36. The number of ether oxygens (including phenoxy) is 1. The van der Waals surface area contributed by atoms with Crippen molar-refractivity contribution in [3.63, 3.8) is 0 Å². The first-order valence-electron chi connectivity index (χ1n) is 16.7. The largest absolute Gasteiger partial charge is 0.492 e. The normalized spacial score (nSPS) is 19.6. The van der Waals surface area contributed by atoms with E-state index in [0.717, 1.165) is 33.3 Å². The number of nitrogens with zero attached hydrogens (tertiary/aromatic N) is 5. The minimum atomic E-state index is -0.842. The van der Waals surface area contributed by atoms with E-state index in [4.69, 9.17) is 20.4 Å². The minimum Gasteiger partial charge on any atom is -0.492 e. The zero-order valence-corrected chi connectivity index (χ0v) is 29.6. The van der Waals surface area contributed by atoms with E-state index < -0.39 is 17.7 Å². The number of benzene rings is 2. The molecule has 2 N–H and O–H groups in total. The summed E-state index contributed by atoms with van der Waals surface area (Å²) in [7, 11) is 3.70. The molecule has 2 amide bonds. The average Bonchev–Trinajstić information content (AvgIpc) is 3.82. The molecule has 1 fully saturated rings. The van der Waals surface area contributed by atoms with Gasteiger partial charge < -0.3 is 24.8 Å². The zero-order valence-electron chi connectivity index (χ0n) is 28.8. The van der Waals surface area contributed by atoms with Gasteiger partial charge in [0.2, 0.25) is 11.8 Å². The second-order valence-corrected chi connectivity index (χ2v) is 14.3. The second-order valence-electron chi connectivity index (χ2n) is 13.3. The topological polar surface area (TPSA) is 106 Å². The number of fused-ring (bicyclic) bond motifs is 2. The molecule has 0 spiro atoms. The molecule has 2 aromatic carbocycles. The predicted octanol–water partition coefficient (Wildman–Crippen LogP) is 6.80. The smallest absolute Gasteiger partial charge is 0.246 e. The van der Waals surface area contributed by atoms with Crippen LogP contribution in [0.4, 0.5) is 8.78 Å². The molecule has 1 saturated heterocycles. The molecule has 3 aromatic heterocycles. The van der Waals surface area contributed by atoms with Crippen LogP contribution in [0.1, 0.15) is 26.0 Å². The van der Waals surface area contributed by atoms with Crippen molar-refractivity contribution in [1.29, 1.82) is 0 Å². The lowest BCUT2D eigenvalue weighted by atomic mass is 9.94. The number of thiophene rings is 1. The molecular weight excluding hydrogens is 671 g/mol. The number of nitrogens with two attached hydrogens (primary N) is 1. The average molecular weight is 709 g/mol. The molecule has 0 saturated carbocycles. The van der Waals surface area contributed by atoms with Crippen LogP contribution < -0.4 is 10.5 Å². The number of pyridine rings is 1. The van der Waals surface area contributed by atoms with Gasteiger partial charge >= 0.3 is 0 Å². The molecule has 0 aliphatic carbocycles. The highest BCUT2D eigenvalue weighted by molar-refractivity contribution is 7.17. The number of aryl methyl sites for hydroxylation is 1. The summed E-state index contributed by atoms with van der Waals surface area (Å²) in [6.07, 6.45) is 5.23. The Kier molecular flexibility index (Phi) is 8.96. The van der Waals surface area contributed by atoms with Crippen LogP contribution in [0.2, 0.25) is 0 Å². The lowest BCUT2D eigenvalue weighted by Crippen LogP contribution is -2.49. The van der Waals surface area contributed by atoms with Crippen LogP contribution >= 0.6 is 11.3 Å². The Morgan fingerprint density at radius 1 is 1.12 bits per heavy atom. The molecule has 0 radical (unpaired) electrons. The van der Waals surface area contributed by atoms with Gasteiger partial charge in [0.05, 0.1) is 51.8 Å². The predicted molar refractivity (Wildman–Crippen MR) is 199 cm³/mol. The number of aromatic nitrogens is 2. The van der Waals surface area contributed by atoms with Gasteiger partial charge in [-0.1, -0.05) is 12.6 Å². The molecule has 0 bridgehead atoms. The maximum Gasteiger partial charge on any atom is 0.246 e. The van der Waals surface area contributed by atoms with Crippen molar-refractivity contribution in [3.05, 3.63) is 90.1 Å². The quantitative estimate of drug-likeness (QED) is 0.179. The first-order chi connectivity index (χ1) is 24.4. The van der Waals surface area contributed by atoms with E-state index in [1.807, 2.05) is 61.3 Å². The fraction of sp³-hybridized carbons (Fsp3) is 0.282. The number of carbonyl (C=O) groups is 2. The van der Waals surface area contributed by atoms with Crippen molar-refractivity contribution in [1.82, 2.24) is 19.4 Å². The number of amides is 2. The lowest BCUT2D eigenvalue weighted by molar-refractivity contribution is -0.127. The van der Waals surface area contributed by atoms with E-state index in [2.05, 4.69) is 12.6 Å². The Morgan fingerprint density at radius 2 is 1.92 bits per heavy atom. The third-order valence-corrected chi connectivity index (χ3v) is 10.6. The van der Waals surface area contributed by atoms with Crippen molar-refractivity contribution in [2.75, 3.05) is 26.7 Å². The number of carbonyl (C=O) groups excluding carboxylic acids is 2. The van der Waals surface area contributed by atoms with Crippen LogP contribution in [0.3, 0.4) is 0 Å². The maximum absolute atomic E-state index is 16.3. The number of aliphatic imine (C=N–C) groups is 1. The van der Waals surface area contributed by atoms with Gasteiger partial charge in [-0.05, 0) is 55.6 Å². The van der Waals surface area contributed by atoms with Crippen molar-refractivity contribution < 1.29 is 23.1 Å². The summed E-state index contributed by atoms with van der Waals surface area (Å²) < 4.78 is 40.2. The summed E-state index contributed by atoms with van der Waals surface area (Å²) in [6.45, 7) is 8.41. The molecule has 51 heavy (non-hydrogen) atoms. The van der Waals surface area contributed by atoms with Gasteiger partial charge in [-0.3, -0.25) is 14.6 Å². The third kappa shape index (κ3) is 6.28. The summed E-state index contributed by atoms with van der Waals surface area (Å²) in [5, 5.41) is 3.59. The number of rotatable bonds is 8. The van der Waals surface area contributed by atoms with Crippen molar-refractivity contribution in [3.8, 4) is 28.1 Å². The molecule has 2 aliphatic heterocycles. The summed E-state index contributed by atoms with van der Waals surface area (Å²) in [5.74, 6) is -2.04. The standard InChI is InChI=1S/C39H38F2N6O3S/c1-6-33(48)47-18-21(2)43-30(22(47)3)17-29(42)38-35(36-28(41)15-26(40)16-32(36)50-20-23-13-34(49)46(5)19-23)27-10-12-51-39(27)37(44-38)25-7-8-31-24(14-25)9-11-45(31)4/h6-12,14-17,21-23H,1,13,18-20,42H2,2-5H3/b29-17-/t21-,22+,23+/m0/s1. The van der Waals surface area contributed by atoms with Crippen LogP contribution in [-0.2, 0) is 16.6 Å². The number of hydrogen-bond donors (Lipinski definition) is 1. The molecule has 0 unspecified atom stereocenters. The highest BCUT2D eigenvalue weighted by Gasteiger charge is 2.31. The van der Waals surface area contributed by atoms with Crippen LogP contribution in [-0.4, -0.2) is 75.7 Å². The van der Waals surface area contributed by atoms with Crippen LogP contribution in [0.5, 0.6) is 5.75 Å². The van der Waals surface area contributed by atoms with Crippen LogP contribution in [0.25, 0.3) is 49.1 Å². The van der Waals surface area contributed by atoms with Gasteiger partial charge in [0.15, 0.2) is 0 Å². The number of halogens is 2. The number of likely N-dealkylation sites (tertiary alicyclic amines) is 1. The molecular formula is C39H38F2N6O3S. The van der Waals surface area contributed by atoms with E-state index in [0.29, 0.717) is 35.4 Å². The monoisotopic (exact) mass is 708 g/mol. The van der Waals surface area contributed by atoms with Crippen molar-refractivity contribution in [2.45, 2.75) is 32.4 Å². The number of hydrogen-bond acceptors (Lipinski definition) is 7. The maximum atomic E-state index is 16.3. The summed E-state index contributed by atoms with van der Waals surface area (Å²) in [5.41, 5.74) is 10.9. The molecule has 3 atom stereocenters. The van der Waals surface area contributed by atoms with E-state index in [-0.39, 0.29) is 59.5 Å². The fourth-order valence-electron chi connectivity index (χ4n) is 7.09. The van der Waals surface area contributed by atoms with Gasteiger partial charge in [0, 0.05) is 85.3 Å². The first-order valence-corrected chi connectivity index (χ1v) is 17.6. The lowest BCUT2D eigenvalue weighted by Gasteiger charge is -2.34. The van der Waals surface area contributed by atoms with Gasteiger partial charge in [0.1, 0.15) is 17.4 Å². The second kappa shape index (κ2) is 13.4. The molecule has 262 valence electrons. The van der Waals surface area contributed by atoms with Crippen molar-refractivity contribution in [2.24, 2.45) is 23.7 Å². The van der Waals surface area contributed by atoms with Crippen LogP contribution in [0, 0.1) is 17.6 Å². The Morgan fingerprint density at radius 3 is 2.67 bits per heavy atom. The summed E-state index contributed by atoms with van der Waals surface area (Å²) in [4.78, 5) is 38.3. The van der Waals surface area contributed by atoms with Gasteiger partial charge in [-0.25, -0.2) is 13.8 Å². The Balaban J connectivity index is 1.44. The Labute approximate surface area is 298 Å². The van der Waals surface area contributed by atoms with Crippen molar-refractivity contribution >= 4 is 55.5 Å². The summed E-state index contributed by atoms with van der Waals surface area (Å²) >= 11 is 1.45. The van der Waals surface area contributed by atoms with Gasteiger partial charge in [0.25, 0.3) is 0 Å². The fourth-order valence-corrected chi connectivity index (χ4v) is 8.01. The SMILES string of the molecule is C=CC(=O)N1C[C@H](C)N=C(/C=C(\N)c2nc(-c3ccc4c(ccn4C)c3)c3sccc3c2-c2c(F)cc(F)cc2OC[C@@H]2CC(=O)N(C)C2)[C@H]1C. The highest BCUT2D eigenvalue weighted by Crippen LogP contribution is 2.45.